The molecule has 0 aliphatic rings. The summed E-state index contributed by atoms with van der Waals surface area (Å²) in [5.41, 5.74) is 2.36. The van der Waals surface area contributed by atoms with E-state index < -0.39 is 0 Å². The number of amides is 1. The van der Waals surface area contributed by atoms with Crippen LogP contribution in [0.2, 0.25) is 0 Å². The van der Waals surface area contributed by atoms with Gasteiger partial charge in [-0.05, 0) is 29.9 Å². The standard InChI is InChI=1S/C12H10N4OS3/c1-7-10(20-16-15-7)4-13-11(17)9-6-19-12(14-9)8-2-3-18-5-8/h2-3,5-6H,4H2,1H3,(H,13,17). The molecule has 0 aliphatic heterocycles. The number of aryl methyl sites for hydroxylation is 1. The Bertz CT molecular complexity index is 717. The number of hydrogen-bond donors (Lipinski definition) is 1. The molecule has 0 unspecified atom stereocenters. The third kappa shape index (κ3) is 2.77. The van der Waals surface area contributed by atoms with Gasteiger partial charge >= 0.3 is 0 Å². The Labute approximate surface area is 127 Å². The van der Waals surface area contributed by atoms with E-state index in [0.29, 0.717) is 12.2 Å². The Morgan fingerprint density at radius 1 is 1.40 bits per heavy atom. The molecular formula is C12H10N4OS3. The van der Waals surface area contributed by atoms with Gasteiger partial charge < -0.3 is 5.32 Å². The number of nitrogens with one attached hydrogen (secondary N) is 1. The first-order chi connectivity index (χ1) is 9.74. The molecule has 0 saturated heterocycles. The number of nitrogens with zero attached hydrogens (tertiary/aromatic N) is 3. The second kappa shape index (κ2) is 5.78. The molecule has 0 radical (unpaired) electrons. The van der Waals surface area contributed by atoms with Crippen LogP contribution in [0.4, 0.5) is 0 Å². The fourth-order valence-electron chi connectivity index (χ4n) is 1.56. The zero-order valence-corrected chi connectivity index (χ0v) is 12.9. The normalized spacial score (nSPS) is 10.7. The third-order valence-corrected chi connectivity index (χ3v) is 5.06. The zero-order valence-electron chi connectivity index (χ0n) is 10.5. The van der Waals surface area contributed by atoms with Gasteiger partial charge in [-0.25, -0.2) is 4.98 Å². The van der Waals surface area contributed by atoms with Crippen molar-refractivity contribution in [1.82, 2.24) is 19.9 Å². The molecule has 0 fully saturated rings. The van der Waals surface area contributed by atoms with E-state index in [9.17, 15) is 4.79 Å². The molecule has 5 nitrogen and oxygen atoms in total. The van der Waals surface area contributed by atoms with Crippen molar-refractivity contribution in [2.75, 3.05) is 0 Å². The van der Waals surface area contributed by atoms with E-state index in [4.69, 9.17) is 0 Å². The molecule has 1 amide bonds. The maximum Gasteiger partial charge on any atom is 0.271 e. The second-order valence-electron chi connectivity index (χ2n) is 4.01. The van der Waals surface area contributed by atoms with E-state index in [0.717, 1.165) is 21.1 Å². The first-order valence-corrected chi connectivity index (χ1v) is 8.38. The molecule has 0 spiro atoms. The van der Waals surface area contributed by atoms with Gasteiger partial charge in [0.1, 0.15) is 10.7 Å². The van der Waals surface area contributed by atoms with E-state index in [1.54, 1.807) is 16.7 Å². The van der Waals surface area contributed by atoms with Crippen molar-refractivity contribution in [1.29, 1.82) is 0 Å². The summed E-state index contributed by atoms with van der Waals surface area (Å²) in [5, 5.41) is 13.4. The number of thiophene rings is 1. The molecule has 3 heterocycles. The van der Waals surface area contributed by atoms with Crippen LogP contribution in [0, 0.1) is 6.92 Å². The largest absolute Gasteiger partial charge is 0.346 e. The van der Waals surface area contributed by atoms with Crippen LogP contribution >= 0.6 is 34.2 Å². The predicted molar refractivity (Wildman–Crippen MR) is 81.2 cm³/mol. The lowest BCUT2D eigenvalue weighted by Crippen LogP contribution is -2.22. The van der Waals surface area contributed by atoms with Crippen LogP contribution in [-0.2, 0) is 6.54 Å². The van der Waals surface area contributed by atoms with Gasteiger partial charge in [-0.1, -0.05) is 4.49 Å². The van der Waals surface area contributed by atoms with E-state index in [2.05, 4.69) is 19.9 Å². The molecule has 1 N–H and O–H groups in total. The maximum absolute atomic E-state index is 12.0. The summed E-state index contributed by atoms with van der Waals surface area (Å²) < 4.78 is 3.84. The zero-order chi connectivity index (χ0) is 13.9. The monoisotopic (exact) mass is 322 g/mol. The highest BCUT2D eigenvalue weighted by Gasteiger charge is 2.13. The molecule has 3 aromatic heterocycles. The van der Waals surface area contributed by atoms with Crippen molar-refractivity contribution in [3.8, 4) is 10.6 Å². The number of thiazole rings is 1. The molecule has 0 aliphatic carbocycles. The first-order valence-electron chi connectivity index (χ1n) is 5.78. The van der Waals surface area contributed by atoms with Gasteiger partial charge in [-0.2, -0.15) is 11.3 Å². The average molecular weight is 322 g/mol. The second-order valence-corrected chi connectivity index (χ2v) is 6.49. The summed E-state index contributed by atoms with van der Waals surface area (Å²) in [6, 6.07) is 2.00. The van der Waals surface area contributed by atoms with Crippen molar-refractivity contribution in [2.45, 2.75) is 13.5 Å². The van der Waals surface area contributed by atoms with E-state index in [1.807, 2.05) is 23.8 Å². The molecule has 3 aromatic rings. The summed E-state index contributed by atoms with van der Waals surface area (Å²) >= 11 is 4.39. The molecule has 0 bridgehead atoms. The van der Waals surface area contributed by atoms with Crippen LogP contribution in [0.1, 0.15) is 21.1 Å². The number of hydrogen-bond acceptors (Lipinski definition) is 7. The topological polar surface area (TPSA) is 67.8 Å². The Kier molecular flexibility index (Phi) is 3.86. The van der Waals surface area contributed by atoms with Crippen molar-refractivity contribution < 1.29 is 4.79 Å². The molecule has 0 aromatic carbocycles. The minimum absolute atomic E-state index is 0.171. The summed E-state index contributed by atoms with van der Waals surface area (Å²) in [4.78, 5) is 17.4. The van der Waals surface area contributed by atoms with Crippen LogP contribution in [0.3, 0.4) is 0 Å². The molecule has 8 heteroatoms. The fourth-order valence-corrected chi connectivity index (χ4v) is 3.64. The smallest absolute Gasteiger partial charge is 0.271 e. The number of carbonyl (C=O) groups excluding carboxylic acids is 1. The molecule has 102 valence electrons. The number of carbonyl (C=O) groups is 1. The minimum atomic E-state index is -0.171. The highest BCUT2D eigenvalue weighted by molar-refractivity contribution is 7.14. The molecule has 0 saturated carbocycles. The highest BCUT2D eigenvalue weighted by atomic mass is 32.1. The molecule has 3 rings (SSSR count). The molecular weight excluding hydrogens is 312 g/mol. The Morgan fingerprint density at radius 2 is 2.30 bits per heavy atom. The molecule has 0 atom stereocenters. The van der Waals surface area contributed by atoms with E-state index in [1.165, 1.54) is 22.9 Å². The first kappa shape index (κ1) is 13.3. The van der Waals surface area contributed by atoms with Crippen molar-refractivity contribution in [2.24, 2.45) is 0 Å². The number of aromatic nitrogens is 3. The van der Waals surface area contributed by atoms with Crippen LogP contribution in [0.15, 0.2) is 22.2 Å². The summed E-state index contributed by atoms with van der Waals surface area (Å²) in [6.07, 6.45) is 0. The van der Waals surface area contributed by atoms with Crippen molar-refractivity contribution in [3.63, 3.8) is 0 Å². The lowest BCUT2D eigenvalue weighted by molar-refractivity contribution is 0.0947. The van der Waals surface area contributed by atoms with Gasteiger partial charge in [-0.3, -0.25) is 4.79 Å². The minimum Gasteiger partial charge on any atom is -0.346 e. The lowest BCUT2D eigenvalue weighted by Gasteiger charge is -2.00. The Hall–Kier alpha value is -1.64. The van der Waals surface area contributed by atoms with Gasteiger partial charge in [0.25, 0.3) is 5.91 Å². The SMILES string of the molecule is Cc1nnsc1CNC(=O)c1csc(-c2ccsc2)n1. The van der Waals surface area contributed by atoms with Crippen LogP contribution < -0.4 is 5.32 Å². The summed E-state index contributed by atoms with van der Waals surface area (Å²) in [5.74, 6) is -0.171. The summed E-state index contributed by atoms with van der Waals surface area (Å²) in [6.45, 7) is 2.32. The van der Waals surface area contributed by atoms with Gasteiger partial charge in [-0.15, -0.1) is 16.4 Å². The van der Waals surface area contributed by atoms with E-state index >= 15 is 0 Å². The van der Waals surface area contributed by atoms with Crippen molar-refractivity contribution >= 4 is 40.1 Å². The van der Waals surface area contributed by atoms with E-state index in [-0.39, 0.29) is 5.91 Å². The summed E-state index contributed by atoms with van der Waals surface area (Å²) in [7, 11) is 0. The Morgan fingerprint density at radius 3 is 3.00 bits per heavy atom. The van der Waals surface area contributed by atoms with Gasteiger partial charge in [0.15, 0.2) is 0 Å². The fraction of sp³-hybridized carbons (Fsp3) is 0.167. The Balaban J connectivity index is 1.67. The quantitative estimate of drug-likeness (QED) is 0.802. The third-order valence-electron chi connectivity index (χ3n) is 2.66. The average Bonchev–Trinajstić information content (AvgIpc) is 3.17. The van der Waals surface area contributed by atoms with Crippen LogP contribution in [0.25, 0.3) is 10.6 Å². The van der Waals surface area contributed by atoms with Crippen LogP contribution in [-0.4, -0.2) is 20.5 Å². The van der Waals surface area contributed by atoms with Gasteiger partial charge in [0.05, 0.1) is 17.1 Å². The highest BCUT2D eigenvalue weighted by Crippen LogP contribution is 2.25. The van der Waals surface area contributed by atoms with Gasteiger partial charge in [0.2, 0.25) is 0 Å². The van der Waals surface area contributed by atoms with Crippen molar-refractivity contribution in [3.05, 3.63) is 38.5 Å². The van der Waals surface area contributed by atoms with Crippen LogP contribution in [0.5, 0.6) is 0 Å². The lowest BCUT2D eigenvalue weighted by atomic mass is 10.3. The predicted octanol–water partition coefficient (Wildman–Crippen LogP) is 2.96. The van der Waals surface area contributed by atoms with Gasteiger partial charge in [0, 0.05) is 16.3 Å². The maximum atomic E-state index is 12.0. The number of rotatable bonds is 4. The molecule has 20 heavy (non-hydrogen) atoms.